The fourth-order valence-electron chi connectivity index (χ4n) is 1.73. The Balaban J connectivity index is 2.15. The number of rotatable bonds is 3. The Morgan fingerprint density at radius 3 is 3.00 bits per heavy atom. The normalized spacial score (nSPS) is 19.0. The number of hydrogen-bond donors (Lipinski definition) is 1. The number of amidine groups is 1. The van der Waals surface area contributed by atoms with Gasteiger partial charge in [0.1, 0.15) is 5.75 Å². The van der Waals surface area contributed by atoms with Crippen LogP contribution in [0.2, 0.25) is 0 Å². The molecular formula is C13H18N2OS. The van der Waals surface area contributed by atoms with E-state index in [1.54, 1.807) is 18.9 Å². The van der Waals surface area contributed by atoms with Gasteiger partial charge >= 0.3 is 0 Å². The predicted molar refractivity (Wildman–Crippen MR) is 75.3 cm³/mol. The Labute approximate surface area is 107 Å². The smallest absolute Gasteiger partial charge is 0.161 e. The van der Waals surface area contributed by atoms with Gasteiger partial charge in [-0.25, -0.2) is 0 Å². The van der Waals surface area contributed by atoms with E-state index in [4.69, 9.17) is 4.74 Å². The van der Waals surface area contributed by atoms with E-state index in [-0.39, 0.29) is 0 Å². The molecule has 3 nitrogen and oxygen atoms in total. The van der Waals surface area contributed by atoms with Crippen LogP contribution >= 0.6 is 11.8 Å². The molecule has 1 heterocycles. The summed E-state index contributed by atoms with van der Waals surface area (Å²) in [4.78, 5) is 4.62. The Bertz CT molecular complexity index is 431. The second-order valence-electron chi connectivity index (χ2n) is 4.14. The van der Waals surface area contributed by atoms with Gasteiger partial charge in [-0.15, -0.1) is 0 Å². The summed E-state index contributed by atoms with van der Waals surface area (Å²) in [6.07, 6.45) is 1.10. The zero-order valence-corrected chi connectivity index (χ0v) is 11.3. The molecule has 0 bridgehead atoms. The average molecular weight is 250 g/mol. The third kappa shape index (κ3) is 2.94. The van der Waals surface area contributed by atoms with Crippen molar-refractivity contribution >= 4 is 22.6 Å². The number of ether oxygens (including phenoxy) is 1. The summed E-state index contributed by atoms with van der Waals surface area (Å²) < 4.78 is 5.34. The summed E-state index contributed by atoms with van der Waals surface area (Å²) in [5.41, 5.74) is 2.21. The number of aryl methyl sites for hydroxylation is 1. The maximum absolute atomic E-state index is 5.34. The number of benzene rings is 1. The van der Waals surface area contributed by atoms with Gasteiger partial charge in [-0.05, 0) is 31.0 Å². The summed E-state index contributed by atoms with van der Waals surface area (Å²) in [5, 5.41) is 4.35. The summed E-state index contributed by atoms with van der Waals surface area (Å²) in [6.45, 7) is 4.24. The first-order valence-corrected chi connectivity index (χ1v) is 6.83. The number of thioether (sulfide) groups is 1. The van der Waals surface area contributed by atoms with Crippen molar-refractivity contribution in [2.75, 3.05) is 18.2 Å². The van der Waals surface area contributed by atoms with E-state index in [1.165, 1.54) is 5.56 Å². The van der Waals surface area contributed by atoms with Gasteiger partial charge in [0.2, 0.25) is 0 Å². The zero-order valence-electron chi connectivity index (χ0n) is 10.5. The van der Waals surface area contributed by atoms with E-state index in [1.807, 2.05) is 12.1 Å². The number of nitrogens with one attached hydrogen (secondary N) is 1. The highest BCUT2D eigenvalue weighted by molar-refractivity contribution is 8.14. The molecule has 1 aromatic rings. The molecule has 0 aromatic heterocycles. The van der Waals surface area contributed by atoms with E-state index in [9.17, 15) is 0 Å². The van der Waals surface area contributed by atoms with Gasteiger partial charge in [0.05, 0.1) is 18.8 Å². The molecule has 1 aromatic carbocycles. The highest BCUT2D eigenvalue weighted by Crippen LogP contribution is 2.28. The van der Waals surface area contributed by atoms with Crippen molar-refractivity contribution in [3.8, 4) is 5.75 Å². The minimum atomic E-state index is 0.457. The number of anilines is 1. The van der Waals surface area contributed by atoms with Crippen LogP contribution in [0.1, 0.15) is 18.9 Å². The lowest BCUT2D eigenvalue weighted by molar-refractivity contribution is 0.417. The van der Waals surface area contributed by atoms with Crippen LogP contribution in [0.3, 0.4) is 0 Å². The number of aliphatic imine (C=N–C) groups is 1. The molecule has 0 radical (unpaired) electrons. The largest absolute Gasteiger partial charge is 0.495 e. The van der Waals surface area contributed by atoms with Gasteiger partial charge in [-0.3, -0.25) is 4.99 Å². The molecule has 17 heavy (non-hydrogen) atoms. The Morgan fingerprint density at radius 2 is 2.35 bits per heavy atom. The van der Waals surface area contributed by atoms with Gasteiger partial charge in [0.15, 0.2) is 5.17 Å². The van der Waals surface area contributed by atoms with Crippen LogP contribution < -0.4 is 10.1 Å². The van der Waals surface area contributed by atoms with Crippen LogP contribution in [0.5, 0.6) is 5.75 Å². The van der Waals surface area contributed by atoms with Gasteiger partial charge in [0.25, 0.3) is 0 Å². The maximum atomic E-state index is 5.34. The monoisotopic (exact) mass is 250 g/mol. The molecule has 0 amide bonds. The Morgan fingerprint density at radius 1 is 1.53 bits per heavy atom. The molecule has 92 valence electrons. The van der Waals surface area contributed by atoms with Crippen molar-refractivity contribution in [3.05, 3.63) is 23.8 Å². The minimum absolute atomic E-state index is 0.457. The first kappa shape index (κ1) is 12.3. The first-order valence-electron chi connectivity index (χ1n) is 5.85. The molecule has 0 spiro atoms. The number of nitrogens with zero attached hydrogens (tertiary/aromatic N) is 1. The van der Waals surface area contributed by atoms with Crippen LogP contribution in [-0.2, 0) is 0 Å². The molecule has 0 saturated carbocycles. The third-order valence-electron chi connectivity index (χ3n) is 2.78. The van der Waals surface area contributed by atoms with Crippen LogP contribution in [0, 0.1) is 6.92 Å². The second kappa shape index (κ2) is 5.45. The maximum Gasteiger partial charge on any atom is 0.161 e. The molecule has 1 N–H and O–H groups in total. The molecule has 4 heteroatoms. The summed E-state index contributed by atoms with van der Waals surface area (Å²) in [7, 11) is 1.69. The average Bonchev–Trinajstić information content (AvgIpc) is 2.77. The molecule has 1 aliphatic rings. The molecule has 1 unspecified atom stereocenters. The van der Waals surface area contributed by atoms with Crippen molar-refractivity contribution in [1.82, 2.24) is 0 Å². The van der Waals surface area contributed by atoms with Crippen LogP contribution in [-0.4, -0.2) is 24.1 Å². The van der Waals surface area contributed by atoms with E-state index < -0.39 is 0 Å². The standard InChI is InChI=1S/C13H18N2OS/c1-4-10-8-17-13(14-10)15-11-7-9(2)5-6-12(11)16-3/h5-7,10H,4,8H2,1-3H3,(H,14,15). The summed E-state index contributed by atoms with van der Waals surface area (Å²) in [5.74, 6) is 1.94. The van der Waals surface area contributed by atoms with Crippen molar-refractivity contribution in [1.29, 1.82) is 0 Å². The summed E-state index contributed by atoms with van der Waals surface area (Å²) in [6, 6.07) is 6.57. The lowest BCUT2D eigenvalue weighted by atomic mass is 10.2. The van der Waals surface area contributed by atoms with Crippen LogP contribution in [0.15, 0.2) is 23.2 Å². The predicted octanol–water partition coefficient (Wildman–Crippen LogP) is 3.30. The fourth-order valence-corrected chi connectivity index (χ4v) is 2.79. The molecule has 0 fully saturated rings. The lowest BCUT2D eigenvalue weighted by Crippen LogP contribution is -2.07. The third-order valence-corrected chi connectivity index (χ3v) is 3.81. The highest BCUT2D eigenvalue weighted by Gasteiger charge is 2.17. The fraction of sp³-hybridized carbons (Fsp3) is 0.462. The van der Waals surface area contributed by atoms with Crippen LogP contribution in [0.25, 0.3) is 0 Å². The van der Waals surface area contributed by atoms with Gasteiger partial charge in [-0.1, -0.05) is 24.8 Å². The molecule has 0 aliphatic carbocycles. The van der Waals surface area contributed by atoms with Crippen molar-refractivity contribution < 1.29 is 4.74 Å². The van der Waals surface area contributed by atoms with Gasteiger partial charge in [-0.2, -0.15) is 0 Å². The number of hydrogen-bond acceptors (Lipinski definition) is 4. The zero-order chi connectivity index (χ0) is 12.3. The van der Waals surface area contributed by atoms with Crippen molar-refractivity contribution in [2.45, 2.75) is 26.3 Å². The van der Waals surface area contributed by atoms with E-state index >= 15 is 0 Å². The first-order chi connectivity index (χ1) is 8.22. The number of methoxy groups -OCH3 is 1. The molecular weight excluding hydrogens is 232 g/mol. The van der Waals surface area contributed by atoms with E-state index in [0.29, 0.717) is 6.04 Å². The van der Waals surface area contributed by atoms with Gasteiger partial charge in [0, 0.05) is 5.75 Å². The second-order valence-corrected chi connectivity index (χ2v) is 5.14. The van der Waals surface area contributed by atoms with Crippen LogP contribution in [0.4, 0.5) is 5.69 Å². The van der Waals surface area contributed by atoms with E-state index in [0.717, 1.165) is 28.8 Å². The molecule has 2 rings (SSSR count). The van der Waals surface area contributed by atoms with Crippen molar-refractivity contribution in [3.63, 3.8) is 0 Å². The molecule has 1 atom stereocenters. The highest BCUT2D eigenvalue weighted by atomic mass is 32.2. The summed E-state index contributed by atoms with van der Waals surface area (Å²) >= 11 is 1.78. The quantitative estimate of drug-likeness (QED) is 0.893. The SMILES string of the molecule is CCC1CSC(Nc2cc(C)ccc2OC)=N1. The minimum Gasteiger partial charge on any atom is -0.495 e. The Kier molecular flexibility index (Phi) is 3.94. The lowest BCUT2D eigenvalue weighted by Gasteiger charge is -2.11. The Hall–Kier alpha value is -1.16. The molecule has 0 saturated heterocycles. The van der Waals surface area contributed by atoms with E-state index in [2.05, 4.69) is 30.2 Å². The molecule has 1 aliphatic heterocycles. The topological polar surface area (TPSA) is 33.6 Å². The van der Waals surface area contributed by atoms with Crippen molar-refractivity contribution in [2.24, 2.45) is 4.99 Å². The van der Waals surface area contributed by atoms with Gasteiger partial charge < -0.3 is 10.1 Å².